The lowest BCUT2D eigenvalue weighted by Crippen LogP contribution is -2.48. The molecule has 0 radical (unpaired) electrons. The van der Waals surface area contributed by atoms with E-state index in [4.69, 9.17) is 10.5 Å². The van der Waals surface area contributed by atoms with Crippen LogP contribution in [0.15, 0.2) is 54.6 Å². The second-order valence-corrected chi connectivity index (χ2v) is 7.48. The van der Waals surface area contributed by atoms with Crippen LogP contribution in [0.3, 0.4) is 0 Å². The van der Waals surface area contributed by atoms with Crippen LogP contribution >= 0.6 is 0 Å². The summed E-state index contributed by atoms with van der Waals surface area (Å²) >= 11 is 0. The Morgan fingerprint density at radius 1 is 1.10 bits per heavy atom. The molecule has 0 bridgehead atoms. The summed E-state index contributed by atoms with van der Waals surface area (Å²) in [5.41, 5.74) is 8.38. The van der Waals surface area contributed by atoms with E-state index < -0.39 is 24.1 Å². The third-order valence-corrected chi connectivity index (χ3v) is 5.23. The highest BCUT2D eigenvalue weighted by Gasteiger charge is 2.28. The molecule has 2 aromatic carbocycles. The van der Waals surface area contributed by atoms with Crippen LogP contribution in [0.2, 0.25) is 0 Å². The molecular weight excluding hydrogens is 382 g/mol. The van der Waals surface area contributed by atoms with Gasteiger partial charge in [0, 0.05) is 6.42 Å². The Balaban J connectivity index is 1.61. The Morgan fingerprint density at radius 3 is 2.53 bits per heavy atom. The summed E-state index contributed by atoms with van der Waals surface area (Å²) in [6.07, 6.45) is 2.03. The first-order chi connectivity index (χ1) is 14.4. The molecule has 0 heterocycles. The van der Waals surface area contributed by atoms with Crippen molar-refractivity contribution < 1.29 is 19.1 Å². The van der Waals surface area contributed by atoms with E-state index in [-0.39, 0.29) is 18.4 Å². The number of carbonyl (C=O) groups excluding carboxylic acids is 3. The summed E-state index contributed by atoms with van der Waals surface area (Å²) in [4.78, 5) is 36.6. The molecule has 7 heteroatoms. The molecule has 3 rings (SSSR count). The fourth-order valence-electron chi connectivity index (χ4n) is 3.72. The lowest BCUT2D eigenvalue weighted by atomic mass is 9.87. The van der Waals surface area contributed by atoms with E-state index in [1.54, 1.807) is 0 Å². The van der Waals surface area contributed by atoms with Crippen LogP contribution in [-0.4, -0.2) is 30.1 Å². The molecule has 2 aromatic rings. The number of nitrogens with one attached hydrogen (secondary N) is 2. The van der Waals surface area contributed by atoms with Crippen molar-refractivity contribution in [1.29, 1.82) is 0 Å². The zero-order valence-electron chi connectivity index (χ0n) is 17.0. The summed E-state index contributed by atoms with van der Waals surface area (Å²) in [5, 5.41) is 5.38. The molecule has 0 saturated heterocycles. The molecule has 0 aromatic heterocycles. The normalized spacial score (nSPS) is 17.2. The van der Waals surface area contributed by atoms with Crippen molar-refractivity contribution in [3.63, 3.8) is 0 Å². The number of benzene rings is 2. The van der Waals surface area contributed by atoms with E-state index in [0.29, 0.717) is 0 Å². The van der Waals surface area contributed by atoms with Crippen molar-refractivity contribution in [3.8, 4) is 0 Å². The van der Waals surface area contributed by atoms with Crippen molar-refractivity contribution in [1.82, 2.24) is 10.6 Å². The third kappa shape index (κ3) is 5.59. The van der Waals surface area contributed by atoms with Gasteiger partial charge in [-0.2, -0.15) is 0 Å². The Morgan fingerprint density at radius 2 is 1.80 bits per heavy atom. The van der Waals surface area contributed by atoms with Crippen molar-refractivity contribution in [3.05, 3.63) is 71.3 Å². The van der Waals surface area contributed by atoms with E-state index in [1.807, 2.05) is 48.5 Å². The van der Waals surface area contributed by atoms with Gasteiger partial charge in [0.15, 0.2) is 6.10 Å². The quantitative estimate of drug-likeness (QED) is 0.610. The number of aryl methyl sites for hydroxylation is 1. The van der Waals surface area contributed by atoms with Crippen LogP contribution in [0, 0.1) is 0 Å². The summed E-state index contributed by atoms with van der Waals surface area (Å²) in [7, 11) is 0. The molecule has 158 valence electrons. The minimum absolute atomic E-state index is 0.104. The van der Waals surface area contributed by atoms with Gasteiger partial charge in [-0.05, 0) is 42.9 Å². The Labute approximate surface area is 176 Å². The zero-order chi connectivity index (χ0) is 21.5. The topological polar surface area (TPSA) is 111 Å². The van der Waals surface area contributed by atoms with Crippen molar-refractivity contribution in [2.24, 2.45) is 5.73 Å². The van der Waals surface area contributed by atoms with Gasteiger partial charge >= 0.3 is 12.0 Å². The van der Waals surface area contributed by atoms with E-state index in [9.17, 15) is 14.4 Å². The fraction of sp³-hybridized carbons (Fsp3) is 0.348. The highest BCUT2D eigenvalue weighted by molar-refractivity contribution is 5.87. The molecule has 0 saturated carbocycles. The number of fused-ring (bicyclic) bond motifs is 1. The number of urea groups is 1. The van der Waals surface area contributed by atoms with Gasteiger partial charge in [-0.15, -0.1) is 0 Å². The molecular formula is C23H27N3O4. The van der Waals surface area contributed by atoms with Gasteiger partial charge in [0.25, 0.3) is 5.91 Å². The number of hydrogen-bond donors (Lipinski definition) is 3. The number of hydrogen-bond acceptors (Lipinski definition) is 4. The number of rotatable bonds is 7. The number of primary amides is 1. The number of carbonyl (C=O) groups is 3. The summed E-state index contributed by atoms with van der Waals surface area (Å²) < 4.78 is 5.36. The second kappa shape index (κ2) is 9.91. The first kappa shape index (κ1) is 21.4. The van der Waals surface area contributed by atoms with Crippen LogP contribution in [0.1, 0.15) is 42.5 Å². The first-order valence-electron chi connectivity index (χ1n) is 10.1. The predicted molar refractivity (Wildman–Crippen MR) is 112 cm³/mol. The average molecular weight is 409 g/mol. The molecule has 7 nitrogen and oxygen atoms in total. The van der Waals surface area contributed by atoms with E-state index >= 15 is 0 Å². The summed E-state index contributed by atoms with van der Waals surface area (Å²) in [6.45, 7) is 1.52. The van der Waals surface area contributed by atoms with Crippen LogP contribution in [0.5, 0.6) is 0 Å². The van der Waals surface area contributed by atoms with Gasteiger partial charge in [-0.25, -0.2) is 9.59 Å². The van der Waals surface area contributed by atoms with Crippen LogP contribution in [-0.2, 0) is 27.2 Å². The van der Waals surface area contributed by atoms with Gasteiger partial charge in [0.2, 0.25) is 0 Å². The van der Waals surface area contributed by atoms with Crippen LogP contribution in [0.25, 0.3) is 0 Å². The molecule has 4 N–H and O–H groups in total. The Bertz CT molecular complexity index is 900. The van der Waals surface area contributed by atoms with Crippen LogP contribution < -0.4 is 16.4 Å². The SMILES string of the molecule is C[C@H](OC(=O)[C@H](Cc1ccccc1)NC(N)=O)C(=O)N[C@H]1CCCc2ccccc21. The monoisotopic (exact) mass is 409 g/mol. The molecule has 0 aliphatic heterocycles. The Kier molecular flexibility index (Phi) is 7.06. The molecule has 0 fully saturated rings. The number of nitrogens with two attached hydrogens (primary N) is 1. The molecule has 0 spiro atoms. The summed E-state index contributed by atoms with van der Waals surface area (Å²) in [6, 6.07) is 15.3. The standard InChI is InChI=1S/C23H27N3O4/c1-15(21(27)25-19-13-7-11-17-10-5-6-12-18(17)19)30-22(28)20(26-23(24)29)14-16-8-3-2-4-9-16/h2-6,8-10,12,15,19-20H,7,11,13-14H2,1H3,(H,25,27)(H3,24,26,29)/t15-,19-,20-/m0/s1. The largest absolute Gasteiger partial charge is 0.451 e. The fourth-order valence-corrected chi connectivity index (χ4v) is 3.72. The Hall–Kier alpha value is -3.35. The summed E-state index contributed by atoms with van der Waals surface area (Å²) in [5.74, 6) is -1.08. The van der Waals surface area contributed by atoms with Gasteiger partial charge in [-0.3, -0.25) is 4.79 Å². The smallest absolute Gasteiger partial charge is 0.329 e. The van der Waals surface area contributed by atoms with Crippen molar-refractivity contribution >= 4 is 17.9 Å². The first-order valence-corrected chi connectivity index (χ1v) is 10.1. The van der Waals surface area contributed by atoms with Gasteiger partial charge in [-0.1, -0.05) is 54.6 Å². The molecule has 3 atom stereocenters. The molecule has 1 aliphatic rings. The van der Waals surface area contributed by atoms with Gasteiger partial charge in [0.1, 0.15) is 6.04 Å². The van der Waals surface area contributed by atoms with E-state index in [1.165, 1.54) is 12.5 Å². The number of amides is 3. The highest BCUT2D eigenvalue weighted by atomic mass is 16.5. The lowest BCUT2D eigenvalue weighted by molar-refractivity contribution is -0.156. The number of ether oxygens (including phenoxy) is 1. The zero-order valence-corrected chi connectivity index (χ0v) is 17.0. The van der Waals surface area contributed by atoms with E-state index in [0.717, 1.165) is 30.4 Å². The maximum Gasteiger partial charge on any atom is 0.329 e. The molecule has 1 aliphatic carbocycles. The van der Waals surface area contributed by atoms with Crippen molar-refractivity contribution in [2.75, 3.05) is 0 Å². The van der Waals surface area contributed by atoms with Crippen LogP contribution in [0.4, 0.5) is 4.79 Å². The minimum Gasteiger partial charge on any atom is -0.451 e. The van der Waals surface area contributed by atoms with Gasteiger partial charge in [0.05, 0.1) is 6.04 Å². The maximum atomic E-state index is 12.7. The minimum atomic E-state index is -1.00. The lowest BCUT2D eigenvalue weighted by Gasteiger charge is -2.27. The predicted octanol–water partition coefficient (Wildman–Crippen LogP) is 2.39. The van der Waals surface area contributed by atoms with E-state index in [2.05, 4.69) is 16.7 Å². The molecule has 3 amide bonds. The molecule has 30 heavy (non-hydrogen) atoms. The second-order valence-electron chi connectivity index (χ2n) is 7.48. The van der Waals surface area contributed by atoms with Crippen molar-refractivity contribution in [2.45, 2.75) is 50.8 Å². The average Bonchev–Trinajstić information content (AvgIpc) is 2.74. The maximum absolute atomic E-state index is 12.7. The third-order valence-electron chi connectivity index (χ3n) is 5.23. The number of esters is 1. The van der Waals surface area contributed by atoms with Gasteiger partial charge < -0.3 is 21.1 Å². The highest BCUT2D eigenvalue weighted by Crippen LogP contribution is 2.29. The molecule has 0 unspecified atom stereocenters.